The standard InChI is InChI=1S/C7H3BrN2O4/c8-5-4-2-1-3-9(11)6(4)14-7(5)10(12)13/h1-3H. The lowest BCUT2D eigenvalue weighted by Gasteiger charge is -1.91. The fraction of sp³-hybridized carbons (Fsp3) is 0. The van der Waals surface area contributed by atoms with Gasteiger partial charge in [-0.05, 0) is 22.0 Å². The number of hydrogen-bond donors (Lipinski definition) is 0. The summed E-state index contributed by atoms with van der Waals surface area (Å²) in [7, 11) is 0. The summed E-state index contributed by atoms with van der Waals surface area (Å²) in [5.41, 5.74) is -0.0777. The Hall–Kier alpha value is -1.63. The van der Waals surface area contributed by atoms with E-state index in [0.717, 1.165) is 0 Å². The molecule has 6 nitrogen and oxygen atoms in total. The molecule has 0 N–H and O–H groups in total. The van der Waals surface area contributed by atoms with Crippen LogP contribution >= 0.6 is 15.9 Å². The quantitative estimate of drug-likeness (QED) is 0.338. The lowest BCUT2D eigenvalue weighted by molar-refractivity contribution is -0.585. The van der Waals surface area contributed by atoms with Crippen molar-refractivity contribution >= 4 is 32.9 Å². The van der Waals surface area contributed by atoms with E-state index in [0.29, 0.717) is 10.1 Å². The molecular weight excluding hydrogens is 256 g/mol. The van der Waals surface area contributed by atoms with Gasteiger partial charge in [0.25, 0.3) is 0 Å². The summed E-state index contributed by atoms with van der Waals surface area (Å²) in [5.74, 6) is -0.462. The van der Waals surface area contributed by atoms with Crippen molar-refractivity contribution in [3.05, 3.63) is 38.1 Å². The fourth-order valence-corrected chi connectivity index (χ4v) is 1.64. The van der Waals surface area contributed by atoms with Gasteiger partial charge in [-0.2, -0.15) is 0 Å². The number of aromatic nitrogens is 1. The minimum Gasteiger partial charge on any atom is -0.616 e. The first kappa shape index (κ1) is 8.95. The molecule has 0 aliphatic heterocycles. The van der Waals surface area contributed by atoms with Crippen LogP contribution in [-0.2, 0) is 0 Å². The third kappa shape index (κ3) is 1.13. The minimum atomic E-state index is -0.690. The van der Waals surface area contributed by atoms with Crippen LogP contribution in [0.4, 0.5) is 5.88 Å². The number of nitro groups is 1. The summed E-state index contributed by atoms with van der Waals surface area (Å²) >= 11 is 3.00. The van der Waals surface area contributed by atoms with Crippen LogP contribution in [0.3, 0.4) is 0 Å². The lowest BCUT2D eigenvalue weighted by atomic mass is 10.3. The highest BCUT2D eigenvalue weighted by molar-refractivity contribution is 9.10. The van der Waals surface area contributed by atoms with Crippen LogP contribution in [0.15, 0.2) is 27.2 Å². The number of pyridine rings is 1. The molecule has 0 bridgehead atoms. The van der Waals surface area contributed by atoms with Gasteiger partial charge in [-0.15, -0.1) is 4.73 Å². The second kappa shape index (κ2) is 2.95. The summed E-state index contributed by atoms with van der Waals surface area (Å²) < 4.78 is 5.42. The van der Waals surface area contributed by atoms with Crippen molar-refractivity contribution in [1.29, 1.82) is 0 Å². The van der Waals surface area contributed by atoms with Crippen LogP contribution in [0.2, 0.25) is 0 Å². The van der Waals surface area contributed by atoms with Gasteiger partial charge in [-0.1, -0.05) is 0 Å². The van der Waals surface area contributed by atoms with Crippen LogP contribution in [-0.4, -0.2) is 4.92 Å². The first-order valence-electron chi connectivity index (χ1n) is 3.56. The van der Waals surface area contributed by atoms with Crippen molar-refractivity contribution in [2.45, 2.75) is 0 Å². The molecule has 0 spiro atoms. The molecule has 0 radical (unpaired) electrons. The van der Waals surface area contributed by atoms with E-state index in [1.807, 2.05) is 0 Å². The largest absolute Gasteiger partial charge is 0.616 e. The van der Waals surface area contributed by atoms with Crippen molar-refractivity contribution in [2.24, 2.45) is 0 Å². The minimum absolute atomic E-state index is 0.0777. The maximum atomic E-state index is 11.1. The van der Waals surface area contributed by atoms with Crippen molar-refractivity contribution < 1.29 is 14.1 Å². The van der Waals surface area contributed by atoms with Gasteiger partial charge in [-0.3, -0.25) is 10.1 Å². The molecule has 0 amide bonds. The molecule has 7 heteroatoms. The average Bonchev–Trinajstić information content (AvgIpc) is 2.46. The maximum Gasteiger partial charge on any atom is 0.453 e. The number of halogens is 1. The zero-order valence-corrected chi connectivity index (χ0v) is 8.22. The van der Waals surface area contributed by atoms with Gasteiger partial charge in [0.2, 0.25) is 0 Å². The van der Waals surface area contributed by atoms with Crippen molar-refractivity contribution in [1.82, 2.24) is 0 Å². The van der Waals surface area contributed by atoms with E-state index >= 15 is 0 Å². The molecular formula is C7H3BrN2O4. The Labute approximate surface area is 85.6 Å². The fourth-order valence-electron chi connectivity index (χ4n) is 1.11. The van der Waals surface area contributed by atoms with E-state index in [2.05, 4.69) is 15.9 Å². The molecule has 72 valence electrons. The summed E-state index contributed by atoms with van der Waals surface area (Å²) in [4.78, 5) is 9.78. The molecule has 0 aliphatic rings. The monoisotopic (exact) mass is 258 g/mol. The number of furan rings is 1. The van der Waals surface area contributed by atoms with Crippen molar-refractivity contribution in [3.8, 4) is 0 Å². The molecule has 2 heterocycles. The maximum absolute atomic E-state index is 11.1. The molecule has 0 atom stereocenters. The van der Waals surface area contributed by atoms with E-state index < -0.39 is 10.8 Å². The zero-order valence-electron chi connectivity index (χ0n) is 6.64. The molecule has 2 aromatic rings. The van der Waals surface area contributed by atoms with Gasteiger partial charge in [0.1, 0.15) is 10.3 Å². The topological polar surface area (TPSA) is 83.2 Å². The molecule has 0 fully saturated rings. The third-order valence-corrected chi connectivity index (χ3v) is 2.46. The molecule has 0 unspecified atom stereocenters. The second-order valence-corrected chi connectivity index (χ2v) is 3.32. The van der Waals surface area contributed by atoms with Gasteiger partial charge in [0.05, 0.1) is 0 Å². The summed E-state index contributed by atoms with van der Waals surface area (Å²) in [5, 5.41) is 22.0. The highest BCUT2D eigenvalue weighted by atomic mass is 79.9. The zero-order chi connectivity index (χ0) is 10.3. The summed E-state index contributed by atoms with van der Waals surface area (Å²) in [6, 6.07) is 3.05. The van der Waals surface area contributed by atoms with E-state index in [9.17, 15) is 15.3 Å². The van der Waals surface area contributed by atoms with Crippen LogP contribution in [0.5, 0.6) is 0 Å². The highest BCUT2D eigenvalue weighted by Crippen LogP contribution is 2.34. The van der Waals surface area contributed by atoms with Crippen LogP contribution in [0.25, 0.3) is 11.1 Å². The van der Waals surface area contributed by atoms with Crippen LogP contribution in [0.1, 0.15) is 0 Å². The number of nitrogens with zero attached hydrogens (tertiary/aromatic N) is 2. The van der Waals surface area contributed by atoms with Crippen LogP contribution < -0.4 is 4.73 Å². The molecule has 0 saturated carbocycles. The number of fused-ring (bicyclic) bond motifs is 1. The molecule has 14 heavy (non-hydrogen) atoms. The van der Waals surface area contributed by atoms with Crippen LogP contribution in [0, 0.1) is 15.3 Å². The lowest BCUT2D eigenvalue weighted by Crippen LogP contribution is -2.24. The van der Waals surface area contributed by atoms with E-state index in [1.54, 1.807) is 6.07 Å². The first-order chi connectivity index (χ1) is 6.61. The van der Waals surface area contributed by atoms with E-state index in [1.165, 1.54) is 12.3 Å². The van der Waals surface area contributed by atoms with Gasteiger partial charge in [-0.25, -0.2) is 0 Å². The highest BCUT2D eigenvalue weighted by Gasteiger charge is 2.26. The molecule has 0 aromatic carbocycles. The number of rotatable bonds is 1. The average molecular weight is 259 g/mol. The number of hydrogen-bond acceptors (Lipinski definition) is 4. The van der Waals surface area contributed by atoms with Gasteiger partial charge in [0, 0.05) is 6.07 Å². The predicted molar refractivity (Wildman–Crippen MR) is 49.5 cm³/mol. The Morgan fingerprint density at radius 1 is 1.57 bits per heavy atom. The Morgan fingerprint density at radius 3 is 2.86 bits per heavy atom. The smallest absolute Gasteiger partial charge is 0.453 e. The van der Waals surface area contributed by atoms with Crippen molar-refractivity contribution in [2.75, 3.05) is 0 Å². The van der Waals surface area contributed by atoms with Crippen molar-refractivity contribution in [3.63, 3.8) is 0 Å². The third-order valence-electron chi connectivity index (χ3n) is 1.70. The summed E-state index contributed by atoms with van der Waals surface area (Å²) in [6.07, 6.45) is 1.21. The molecule has 0 saturated heterocycles. The van der Waals surface area contributed by atoms with Gasteiger partial charge < -0.3 is 9.62 Å². The summed E-state index contributed by atoms with van der Waals surface area (Å²) in [6.45, 7) is 0. The molecule has 2 rings (SSSR count). The van der Waals surface area contributed by atoms with Gasteiger partial charge in [0.15, 0.2) is 10.7 Å². The second-order valence-electron chi connectivity index (χ2n) is 2.53. The van der Waals surface area contributed by atoms with E-state index in [4.69, 9.17) is 4.42 Å². The Balaban J connectivity index is 2.86. The normalized spacial score (nSPS) is 10.6. The first-order valence-corrected chi connectivity index (χ1v) is 4.35. The Morgan fingerprint density at radius 2 is 2.29 bits per heavy atom. The van der Waals surface area contributed by atoms with E-state index in [-0.39, 0.29) is 10.2 Å². The Bertz CT molecular complexity index is 522. The SMILES string of the molecule is O=[N+]([O-])c1oc2c(ccc[n+]2[O-])c1Br. The molecule has 0 aliphatic carbocycles. The predicted octanol–water partition coefficient (Wildman–Crippen LogP) is 1.74. The molecule has 2 aromatic heterocycles. The Kier molecular flexibility index (Phi) is 1.88. The van der Waals surface area contributed by atoms with Gasteiger partial charge >= 0.3 is 11.6 Å².